The molecule has 0 rings (SSSR count). The van der Waals surface area contributed by atoms with E-state index in [-0.39, 0.29) is 23.1 Å². The largest absolute Gasteiger partial charge is 0.412 e. The van der Waals surface area contributed by atoms with Crippen molar-refractivity contribution >= 4 is 9.84 Å². The Bertz CT molecular complexity index is 158. The van der Waals surface area contributed by atoms with Crippen molar-refractivity contribution in [2.24, 2.45) is 0 Å². The van der Waals surface area contributed by atoms with Crippen LogP contribution in [0.15, 0.2) is 0 Å². The van der Waals surface area contributed by atoms with Gasteiger partial charge in [0.15, 0.2) is 9.84 Å². The summed E-state index contributed by atoms with van der Waals surface area (Å²) < 4.78 is 21.5. The molecule has 0 atom stereocenters. The molecule has 0 aliphatic carbocycles. The Balaban J connectivity index is 0. The van der Waals surface area contributed by atoms with Crippen LogP contribution in [0.3, 0.4) is 0 Å². The molecule has 3 N–H and O–H groups in total. The summed E-state index contributed by atoms with van der Waals surface area (Å²) in [7, 11) is -3.00. The summed E-state index contributed by atoms with van der Waals surface area (Å²) in [6, 6.07) is 0. The van der Waals surface area contributed by atoms with Gasteiger partial charge in [-0.05, 0) is 13.8 Å². The maximum absolute atomic E-state index is 10.8. The third kappa shape index (κ3) is 3.81. The average Bonchev–Trinajstić information content (AvgIpc) is 1.65. The highest BCUT2D eigenvalue weighted by Crippen LogP contribution is 1.98. The smallest absolute Gasteiger partial charge is 0.154 e. The fourth-order valence-electron chi connectivity index (χ4n) is 0.363. The molecule has 0 unspecified atom stereocenters. The Morgan fingerprint density at radius 2 is 1.80 bits per heavy atom. The van der Waals surface area contributed by atoms with Gasteiger partial charge in [0.1, 0.15) is 0 Å². The molecule has 64 valence electrons. The van der Waals surface area contributed by atoms with Gasteiger partial charge in [0.25, 0.3) is 0 Å². The maximum Gasteiger partial charge on any atom is 0.154 e. The van der Waals surface area contributed by atoms with Crippen LogP contribution in [0.2, 0.25) is 0 Å². The van der Waals surface area contributed by atoms with E-state index in [0.717, 1.165) is 0 Å². The Labute approximate surface area is 61.1 Å². The van der Waals surface area contributed by atoms with Gasteiger partial charge in [-0.2, -0.15) is 0 Å². The van der Waals surface area contributed by atoms with E-state index in [4.69, 9.17) is 5.11 Å². The van der Waals surface area contributed by atoms with Gasteiger partial charge >= 0.3 is 0 Å². The van der Waals surface area contributed by atoms with Crippen molar-refractivity contribution in [3.63, 3.8) is 0 Å². The molecule has 0 aliphatic heterocycles. The second kappa shape index (κ2) is 4.65. The molecule has 0 saturated carbocycles. The zero-order chi connectivity index (χ0) is 7.49. The number of sulfone groups is 1. The highest BCUT2D eigenvalue weighted by atomic mass is 32.2. The first-order valence-corrected chi connectivity index (χ1v) is 4.54. The van der Waals surface area contributed by atoms with Crippen molar-refractivity contribution in [2.45, 2.75) is 19.1 Å². The monoisotopic (exact) mass is 170 g/mol. The molecule has 0 saturated heterocycles. The molecule has 4 nitrogen and oxygen atoms in total. The number of rotatable bonds is 3. The summed E-state index contributed by atoms with van der Waals surface area (Å²) in [6.07, 6.45) is 0. The summed E-state index contributed by atoms with van der Waals surface area (Å²) in [5.41, 5.74) is 0. The molecule has 5 heteroatoms. The SMILES string of the molecule is CC(C)S(=O)(=O)CCO.O. The van der Waals surface area contributed by atoms with Gasteiger partial charge in [0, 0.05) is 0 Å². The van der Waals surface area contributed by atoms with Gasteiger partial charge in [-0.15, -0.1) is 0 Å². The lowest BCUT2D eigenvalue weighted by Gasteiger charge is -2.03. The molecule has 0 fully saturated rings. The molecule has 0 heterocycles. The third-order valence-corrected chi connectivity index (χ3v) is 3.28. The Hall–Kier alpha value is -0.130. The van der Waals surface area contributed by atoms with Gasteiger partial charge in [-0.3, -0.25) is 0 Å². The standard InChI is InChI=1S/C5H12O3S.H2O/c1-5(2)9(7,8)4-3-6;/h5-6H,3-4H2,1-2H3;1H2. The van der Waals surface area contributed by atoms with Crippen LogP contribution in [0.1, 0.15) is 13.8 Å². The van der Waals surface area contributed by atoms with E-state index in [0.29, 0.717) is 0 Å². The highest BCUT2D eigenvalue weighted by molar-refractivity contribution is 7.91. The molecule has 0 aromatic carbocycles. The van der Waals surface area contributed by atoms with E-state index in [9.17, 15) is 8.42 Å². The predicted octanol–water partition coefficient (Wildman–Crippen LogP) is -1.02. The molecule has 0 aromatic heterocycles. The summed E-state index contributed by atoms with van der Waals surface area (Å²) in [4.78, 5) is 0. The van der Waals surface area contributed by atoms with Crippen LogP contribution in [0.4, 0.5) is 0 Å². The van der Waals surface area contributed by atoms with Crippen molar-refractivity contribution < 1.29 is 19.0 Å². The van der Waals surface area contributed by atoms with Gasteiger partial charge < -0.3 is 10.6 Å². The lowest BCUT2D eigenvalue weighted by Crippen LogP contribution is -2.19. The minimum absolute atomic E-state index is 0. The zero-order valence-corrected chi connectivity index (χ0v) is 6.98. The fraction of sp³-hybridized carbons (Fsp3) is 1.00. The summed E-state index contributed by atoms with van der Waals surface area (Å²) in [5, 5.41) is 7.90. The normalized spacial score (nSPS) is 11.2. The van der Waals surface area contributed by atoms with Crippen molar-refractivity contribution in [2.75, 3.05) is 12.4 Å². The summed E-state index contributed by atoms with van der Waals surface area (Å²) >= 11 is 0. The molecule has 0 radical (unpaired) electrons. The number of hydrogen-bond donors (Lipinski definition) is 1. The van der Waals surface area contributed by atoms with Crippen LogP contribution in [0.5, 0.6) is 0 Å². The van der Waals surface area contributed by atoms with E-state index in [1.165, 1.54) is 0 Å². The van der Waals surface area contributed by atoms with Crippen molar-refractivity contribution in [3.8, 4) is 0 Å². The number of aliphatic hydroxyl groups excluding tert-OH is 1. The van der Waals surface area contributed by atoms with Crippen LogP contribution >= 0.6 is 0 Å². The molecule has 10 heavy (non-hydrogen) atoms. The van der Waals surface area contributed by atoms with Crippen LogP contribution in [0.25, 0.3) is 0 Å². The second-order valence-corrected chi connectivity index (χ2v) is 4.82. The van der Waals surface area contributed by atoms with Gasteiger partial charge in [-0.25, -0.2) is 8.42 Å². The van der Waals surface area contributed by atoms with Crippen LogP contribution < -0.4 is 0 Å². The molecule has 0 amide bonds. The predicted molar refractivity (Wildman–Crippen MR) is 39.6 cm³/mol. The van der Waals surface area contributed by atoms with E-state index in [1.54, 1.807) is 13.8 Å². The molecule has 0 aromatic rings. The minimum atomic E-state index is -3.00. The summed E-state index contributed by atoms with van der Waals surface area (Å²) in [5.74, 6) is -0.120. The molecule has 0 aliphatic rings. The molecule has 0 spiro atoms. The quantitative estimate of drug-likeness (QED) is 0.588. The molecular formula is C5H14O4S. The Morgan fingerprint density at radius 1 is 1.40 bits per heavy atom. The Kier molecular flexibility index (Phi) is 5.83. The van der Waals surface area contributed by atoms with E-state index in [1.807, 2.05) is 0 Å². The first-order chi connectivity index (χ1) is 4.00. The van der Waals surface area contributed by atoms with Crippen LogP contribution in [0, 0.1) is 0 Å². The van der Waals surface area contributed by atoms with E-state index in [2.05, 4.69) is 0 Å². The molecule has 0 bridgehead atoms. The van der Waals surface area contributed by atoms with E-state index >= 15 is 0 Å². The van der Waals surface area contributed by atoms with Crippen LogP contribution in [-0.4, -0.2) is 36.6 Å². The third-order valence-electron chi connectivity index (χ3n) is 1.09. The second-order valence-electron chi connectivity index (χ2n) is 2.14. The van der Waals surface area contributed by atoms with Crippen molar-refractivity contribution in [1.82, 2.24) is 0 Å². The maximum atomic E-state index is 10.8. The number of hydrogen-bond acceptors (Lipinski definition) is 3. The van der Waals surface area contributed by atoms with Crippen molar-refractivity contribution in [1.29, 1.82) is 0 Å². The topological polar surface area (TPSA) is 85.9 Å². The van der Waals surface area contributed by atoms with Gasteiger partial charge in [0.2, 0.25) is 0 Å². The van der Waals surface area contributed by atoms with Gasteiger partial charge in [-0.1, -0.05) is 0 Å². The first-order valence-electron chi connectivity index (χ1n) is 2.83. The lowest BCUT2D eigenvalue weighted by molar-refractivity contribution is 0.319. The Morgan fingerprint density at radius 3 is 1.90 bits per heavy atom. The highest BCUT2D eigenvalue weighted by Gasteiger charge is 2.13. The van der Waals surface area contributed by atoms with Gasteiger partial charge in [0.05, 0.1) is 17.6 Å². The lowest BCUT2D eigenvalue weighted by atomic mass is 10.6. The average molecular weight is 170 g/mol. The zero-order valence-electron chi connectivity index (χ0n) is 6.16. The number of aliphatic hydroxyl groups is 1. The minimum Gasteiger partial charge on any atom is -0.412 e. The van der Waals surface area contributed by atoms with E-state index < -0.39 is 9.84 Å². The fourth-order valence-corrected chi connectivity index (χ4v) is 1.09. The van der Waals surface area contributed by atoms with Crippen molar-refractivity contribution in [3.05, 3.63) is 0 Å². The molecular weight excluding hydrogens is 156 g/mol. The van der Waals surface area contributed by atoms with Crippen LogP contribution in [-0.2, 0) is 9.84 Å². The summed E-state index contributed by atoms with van der Waals surface area (Å²) in [6.45, 7) is 2.93. The first kappa shape index (κ1) is 12.5.